The van der Waals surface area contributed by atoms with Gasteiger partial charge in [0.05, 0.1) is 6.61 Å². The fourth-order valence-electron chi connectivity index (χ4n) is 2.25. The van der Waals surface area contributed by atoms with Gasteiger partial charge in [0.2, 0.25) is 0 Å². The lowest BCUT2D eigenvalue weighted by atomic mass is 10.1. The lowest BCUT2D eigenvalue weighted by Gasteiger charge is -2.08. The molecule has 0 aromatic carbocycles. The van der Waals surface area contributed by atoms with Crippen molar-refractivity contribution in [2.45, 2.75) is 91.9 Å². The zero-order valence-electron chi connectivity index (χ0n) is 14.1. The van der Waals surface area contributed by atoms with Crippen molar-refractivity contribution in [3.8, 4) is 0 Å². The SMILES string of the molecule is CCCCCCCCCCOC(=O)C(C)=C(C)CCC. The molecule has 2 nitrogen and oxygen atoms in total. The van der Waals surface area contributed by atoms with Crippen LogP contribution in [0.2, 0.25) is 0 Å². The number of unbranched alkanes of at least 4 members (excludes halogenated alkanes) is 7. The summed E-state index contributed by atoms with van der Waals surface area (Å²) in [6.07, 6.45) is 12.2. The van der Waals surface area contributed by atoms with Crippen molar-refractivity contribution >= 4 is 5.97 Å². The molecular weight excluding hydrogens is 248 g/mol. The number of carbonyl (C=O) groups excluding carboxylic acids is 1. The molecule has 0 saturated heterocycles. The van der Waals surface area contributed by atoms with E-state index in [4.69, 9.17) is 4.74 Å². The third-order valence-corrected chi connectivity index (χ3v) is 3.80. The van der Waals surface area contributed by atoms with E-state index in [2.05, 4.69) is 13.8 Å². The van der Waals surface area contributed by atoms with Crippen molar-refractivity contribution in [2.75, 3.05) is 6.61 Å². The van der Waals surface area contributed by atoms with Crippen molar-refractivity contribution in [1.82, 2.24) is 0 Å². The third-order valence-electron chi connectivity index (χ3n) is 3.80. The van der Waals surface area contributed by atoms with Crippen LogP contribution in [-0.2, 0) is 9.53 Å². The molecule has 20 heavy (non-hydrogen) atoms. The molecule has 0 amide bonds. The average molecular weight is 282 g/mol. The highest BCUT2D eigenvalue weighted by Crippen LogP contribution is 2.12. The highest BCUT2D eigenvalue weighted by atomic mass is 16.5. The van der Waals surface area contributed by atoms with Crippen LogP contribution in [0.25, 0.3) is 0 Å². The Morgan fingerprint density at radius 1 is 0.800 bits per heavy atom. The first-order valence-electron chi connectivity index (χ1n) is 8.46. The summed E-state index contributed by atoms with van der Waals surface area (Å²) in [5.41, 5.74) is 1.96. The van der Waals surface area contributed by atoms with E-state index in [1.54, 1.807) is 0 Å². The molecule has 0 aliphatic carbocycles. The normalized spacial score (nSPS) is 12.2. The molecule has 0 aromatic rings. The third kappa shape index (κ3) is 10.1. The van der Waals surface area contributed by atoms with Gasteiger partial charge in [0.25, 0.3) is 0 Å². The minimum Gasteiger partial charge on any atom is -0.462 e. The van der Waals surface area contributed by atoms with Gasteiger partial charge in [0.1, 0.15) is 0 Å². The number of hydrogen-bond acceptors (Lipinski definition) is 2. The predicted octanol–water partition coefficient (Wildman–Crippen LogP) is 5.81. The van der Waals surface area contributed by atoms with Crippen LogP contribution in [0.15, 0.2) is 11.1 Å². The summed E-state index contributed by atoms with van der Waals surface area (Å²) in [6.45, 7) is 8.84. The molecule has 0 saturated carbocycles. The zero-order valence-corrected chi connectivity index (χ0v) is 14.1. The fraction of sp³-hybridized carbons (Fsp3) is 0.833. The van der Waals surface area contributed by atoms with Gasteiger partial charge in [-0.05, 0) is 26.7 Å². The maximum atomic E-state index is 11.8. The number of rotatable bonds is 12. The van der Waals surface area contributed by atoms with Gasteiger partial charge in [-0.2, -0.15) is 0 Å². The number of ether oxygens (including phenoxy) is 1. The average Bonchev–Trinajstić information content (AvgIpc) is 2.44. The smallest absolute Gasteiger partial charge is 0.333 e. The molecule has 2 heteroatoms. The second-order valence-corrected chi connectivity index (χ2v) is 5.77. The van der Waals surface area contributed by atoms with Gasteiger partial charge < -0.3 is 4.74 Å². The molecule has 0 aromatic heterocycles. The van der Waals surface area contributed by atoms with Crippen LogP contribution in [0, 0.1) is 0 Å². The van der Waals surface area contributed by atoms with E-state index in [9.17, 15) is 4.79 Å². The minimum atomic E-state index is -0.126. The van der Waals surface area contributed by atoms with Crippen LogP contribution in [0.3, 0.4) is 0 Å². The first-order chi connectivity index (χ1) is 9.63. The Bertz CT molecular complexity index is 279. The van der Waals surface area contributed by atoms with Gasteiger partial charge in [0, 0.05) is 5.57 Å². The second-order valence-electron chi connectivity index (χ2n) is 5.77. The van der Waals surface area contributed by atoms with Crippen LogP contribution in [0.4, 0.5) is 0 Å². The van der Waals surface area contributed by atoms with Crippen LogP contribution in [0.5, 0.6) is 0 Å². The minimum absolute atomic E-state index is 0.126. The van der Waals surface area contributed by atoms with Crippen LogP contribution < -0.4 is 0 Å². The Morgan fingerprint density at radius 3 is 1.90 bits per heavy atom. The number of hydrogen-bond donors (Lipinski definition) is 0. The Hall–Kier alpha value is -0.790. The molecule has 0 atom stereocenters. The van der Waals surface area contributed by atoms with E-state index in [-0.39, 0.29) is 5.97 Å². The largest absolute Gasteiger partial charge is 0.462 e. The fourth-order valence-corrected chi connectivity index (χ4v) is 2.25. The maximum Gasteiger partial charge on any atom is 0.333 e. The quantitative estimate of drug-likeness (QED) is 0.256. The second kappa shape index (κ2) is 13.2. The van der Waals surface area contributed by atoms with Crippen LogP contribution >= 0.6 is 0 Å². The topological polar surface area (TPSA) is 26.3 Å². The highest BCUT2D eigenvalue weighted by molar-refractivity contribution is 5.88. The van der Waals surface area contributed by atoms with E-state index >= 15 is 0 Å². The monoisotopic (exact) mass is 282 g/mol. The first kappa shape index (κ1) is 19.2. The molecule has 0 bridgehead atoms. The van der Waals surface area contributed by atoms with Crippen LogP contribution in [-0.4, -0.2) is 12.6 Å². The lowest BCUT2D eigenvalue weighted by Crippen LogP contribution is -2.08. The summed E-state index contributed by atoms with van der Waals surface area (Å²) in [5, 5.41) is 0. The van der Waals surface area contributed by atoms with E-state index < -0.39 is 0 Å². The first-order valence-corrected chi connectivity index (χ1v) is 8.46. The Labute approximate surface area is 126 Å². The van der Waals surface area contributed by atoms with Gasteiger partial charge >= 0.3 is 5.97 Å². The molecule has 0 unspecified atom stereocenters. The lowest BCUT2D eigenvalue weighted by molar-refractivity contribution is -0.139. The molecule has 0 radical (unpaired) electrons. The zero-order chi connectivity index (χ0) is 15.2. The summed E-state index contributed by atoms with van der Waals surface area (Å²) in [5.74, 6) is -0.126. The van der Waals surface area contributed by atoms with Crippen molar-refractivity contribution in [3.63, 3.8) is 0 Å². The van der Waals surface area contributed by atoms with Crippen molar-refractivity contribution < 1.29 is 9.53 Å². The molecule has 0 aliphatic rings. The Balaban J connectivity index is 3.55. The van der Waals surface area contributed by atoms with Crippen LogP contribution in [0.1, 0.15) is 91.9 Å². The highest BCUT2D eigenvalue weighted by Gasteiger charge is 2.08. The molecule has 0 rings (SSSR count). The van der Waals surface area contributed by atoms with E-state index in [0.29, 0.717) is 6.61 Å². The number of allylic oxidation sites excluding steroid dienone is 1. The van der Waals surface area contributed by atoms with Gasteiger partial charge in [-0.15, -0.1) is 0 Å². The van der Waals surface area contributed by atoms with E-state index in [1.807, 2.05) is 13.8 Å². The Kier molecular flexibility index (Phi) is 12.7. The molecule has 0 aliphatic heterocycles. The van der Waals surface area contributed by atoms with Gasteiger partial charge in [-0.3, -0.25) is 0 Å². The molecular formula is C18H34O2. The van der Waals surface area contributed by atoms with Gasteiger partial charge in [0.15, 0.2) is 0 Å². The van der Waals surface area contributed by atoms with Crippen molar-refractivity contribution in [3.05, 3.63) is 11.1 Å². The molecule has 0 heterocycles. The van der Waals surface area contributed by atoms with E-state index in [0.717, 1.165) is 30.4 Å². The Morgan fingerprint density at radius 2 is 1.35 bits per heavy atom. The summed E-state index contributed by atoms with van der Waals surface area (Å²) in [7, 11) is 0. The number of carbonyl (C=O) groups is 1. The van der Waals surface area contributed by atoms with E-state index in [1.165, 1.54) is 44.9 Å². The van der Waals surface area contributed by atoms with Crippen molar-refractivity contribution in [1.29, 1.82) is 0 Å². The maximum absolute atomic E-state index is 11.8. The molecule has 118 valence electrons. The summed E-state index contributed by atoms with van der Waals surface area (Å²) >= 11 is 0. The molecule has 0 fully saturated rings. The standard InChI is InChI=1S/C18H34O2/c1-5-7-8-9-10-11-12-13-15-20-18(19)17(4)16(3)14-6-2/h5-15H2,1-4H3. The summed E-state index contributed by atoms with van der Waals surface area (Å²) in [4.78, 5) is 11.8. The summed E-state index contributed by atoms with van der Waals surface area (Å²) < 4.78 is 5.32. The van der Waals surface area contributed by atoms with Gasteiger partial charge in [-0.25, -0.2) is 4.79 Å². The van der Waals surface area contributed by atoms with Gasteiger partial charge in [-0.1, -0.05) is 70.8 Å². The molecule has 0 spiro atoms. The van der Waals surface area contributed by atoms with Crippen molar-refractivity contribution in [2.24, 2.45) is 0 Å². The molecule has 0 N–H and O–H groups in total. The predicted molar refractivity (Wildman–Crippen MR) is 86.9 cm³/mol. The summed E-state index contributed by atoms with van der Waals surface area (Å²) in [6, 6.07) is 0. The number of esters is 1.